The molecule has 0 aliphatic carbocycles. The fourth-order valence-electron chi connectivity index (χ4n) is 3.30. The Hall–Kier alpha value is -2.48. The zero-order chi connectivity index (χ0) is 22.9. The molecular formula is C23H32FN3O3S. The van der Waals surface area contributed by atoms with E-state index in [-0.39, 0.29) is 29.6 Å². The molecule has 1 atom stereocenters. The first-order chi connectivity index (χ1) is 14.6. The quantitative estimate of drug-likeness (QED) is 0.493. The summed E-state index contributed by atoms with van der Waals surface area (Å²) < 4.78 is 19.0. The summed E-state index contributed by atoms with van der Waals surface area (Å²) in [7, 11) is 0. The molecule has 0 saturated heterocycles. The molecule has 0 bridgehead atoms. The highest BCUT2D eigenvalue weighted by Gasteiger charge is 2.17. The van der Waals surface area contributed by atoms with Gasteiger partial charge in [-0.25, -0.2) is 9.37 Å². The summed E-state index contributed by atoms with van der Waals surface area (Å²) in [4.78, 5) is 28.4. The third-order valence-electron chi connectivity index (χ3n) is 4.43. The summed E-state index contributed by atoms with van der Waals surface area (Å²) in [6.45, 7) is 9.66. The van der Waals surface area contributed by atoms with Crippen LogP contribution in [0.5, 0.6) is 5.75 Å². The maximum atomic E-state index is 13.6. The van der Waals surface area contributed by atoms with Gasteiger partial charge in [0, 0.05) is 24.9 Å². The first-order valence-corrected chi connectivity index (χ1v) is 11.4. The van der Waals surface area contributed by atoms with E-state index in [0.717, 1.165) is 6.42 Å². The number of hydrogen-bond donors (Lipinski definition) is 2. The van der Waals surface area contributed by atoms with Gasteiger partial charge in [0.15, 0.2) is 11.6 Å². The predicted octanol–water partition coefficient (Wildman–Crippen LogP) is 4.56. The third kappa shape index (κ3) is 9.46. The molecule has 2 N–H and O–H groups in total. The van der Waals surface area contributed by atoms with E-state index < -0.39 is 5.82 Å². The van der Waals surface area contributed by atoms with E-state index in [2.05, 4.69) is 43.3 Å². The Kier molecular flexibility index (Phi) is 9.43. The van der Waals surface area contributed by atoms with Crippen molar-refractivity contribution >= 4 is 23.2 Å². The van der Waals surface area contributed by atoms with E-state index in [0.29, 0.717) is 42.6 Å². The number of thiazole rings is 1. The Morgan fingerprint density at radius 1 is 1.19 bits per heavy atom. The fourth-order valence-corrected chi connectivity index (χ4v) is 3.98. The summed E-state index contributed by atoms with van der Waals surface area (Å²) in [5, 5.41) is 7.93. The molecule has 170 valence electrons. The molecule has 6 nitrogen and oxygen atoms in total. The summed E-state index contributed by atoms with van der Waals surface area (Å²) in [6, 6.07) is 6.15. The van der Waals surface area contributed by atoms with Crippen molar-refractivity contribution < 1.29 is 18.7 Å². The number of aromatic nitrogens is 1. The lowest BCUT2D eigenvalue weighted by Gasteiger charge is -2.22. The van der Waals surface area contributed by atoms with E-state index in [4.69, 9.17) is 4.74 Å². The van der Waals surface area contributed by atoms with Crippen LogP contribution in [0.2, 0.25) is 0 Å². The number of nitrogens with one attached hydrogen (secondary N) is 2. The number of carbonyl (C=O) groups excluding carboxylic acids is 2. The highest BCUT2D eigenvalue weighted by Crippen LogP contribution is 2.25. The van der Waals surface area contributed by atoms with E-state index in [1.807, 2.05) is 0 Å². The topological polar surface area (TPSA) is 80.3 Å². The molecule has 8 heteroatoms. The first kappa shape index (κ1) is 24.8. The van der Waals surface area contributed by atoms with Crippen LogP contribution in [0.1, 0.15) is 62.5 Å². The van der Waals surface area contributed by atoms with Gasteiger partial charge in [0.1, 0.15) is 17.3 Å². The van der Waals surface area contributed by atoms with Gasteiger partial charge >= 0.3 is 0 Å². The van der Waals surface area contributed by atoms with Crippen molar-refractivity contribution in [3.63, 3.8) is 0 Å². The molecule has 0 fully saturated rings. The summed E-state index contributed by atoms with van der Waals surface area (Å²) >= 11 is 1.28. The van der Waals surface area contributed by atoms with Crippen LogP contribution in [0, 0.1) is 17.2 Å². The second kappa shape index (κ2) is 11.8. The Balaban J connectivity index is 1.63. The average Bonchev–Trinajstić information content (AvgIpc) is 3.14. The lowest BCUT2D eigenvalue weighted by Crippen LogP contribution is -2.31. The molecular weight excluding hydrogens is 417 g/mol. The molecule has 0 spiro atoms. The van der Waals surface area contributed by atoms with Gasteiger partial charge in [0.05, 0.1) is 0 Å². The van der Waals surface area contributed by atoms with Gasteiger partial charge in [-0.1, -0.05) is 39.8 Å². The van der Waals surface area contributed by atoms with Crippen molar-refractivity contribution in [2.45, 2.75) is 53.6 Å². The first-order valence-electron chi connectivity index (χ1n) is 10.5. The third-order valence-corrected chi connectivity index (χ3v) is 5.25. The highest BCUT2D eigenvalue weighted by molar-refractivity contribution is 7.09. The van der Waals surface area contributed by atoms with Gasteiger partial charge in [0.2, 0.25) is 5.91 Å². The molecule has 2 rings (SSSR count). The maximum absolute atomic E-state index is 13.6. The van der Waals surface area contributed by atoms with Gasteiger partial charge < -0.3 is 15.4 Å². The molecule has 0 saturated carbocycles. The van der Waals surface area contributed by atoms with Crippen molar-refractivity contribution in [2.75, 3.05) is 13.1 Å². The van der Waals surface area contributed by atoms with Crippen LogP contribution < -0.4 is 15.4 Å². The van der Waals surface area contributed by atoms with Gasteiger partial charge in [0.25, 0.3) is 5.91 Å². The predicted molar refractivity (Wildman–Crippen MR) is 121 cm³/mol. The second-order valence-electron chi connectivity index (χ2n) is 8.88. The number of carbonyl (C=O) groups is 2. The molecule has 2 amide bonds. The molecule has 0 aliphatic rings. The maximum Gasteiger partial charge on any atom is 0.270 e. The Morgan fingerprint density at radius 2 is 1.90 bits per heavy atom. The van der Waals surface area contributed by atoms with Crippen molar-refractivity contribution in [3.05, 3.63) is 46.2 Å². The van der Waals surface area contributed by atoms with Crippen LogP contribution in [-0.4, -0.2) is 29.9 Å². The molecule has 0 radical (unpaired) electrons. The summed E-state index contributed by atoms with van der Waals surface area (Å²) in [5.74, 6) is -0.187. The number of ether oxygens (including phenoxy) is 1. The standard InChI is InChI=1S/C23H32FN3O3S/c1-16(13-23(2,3)4)12-20(28)25-10-7-11-26-22(29)18-15-31-21(27-18)14-30-19-9-6-5-8-17(19)24/h5-6,8-9,15-16H,7,10-14H2,1-4H3,(H,25,28)(H,26,29)/t16-/m0/s1. The number of rotatable bonds is 11. The smallest absolute Gasteiger partial charge is 0.270 e. The van der Waals surface area contributed by atoms with Gasteiger partial charge in [-0.3, -0.25) is 9.59 Å². The zero-order valence-corrected chi connectivity index (χ0v) is 19.5. The van der Waals surface area contributed by atoms with Crippen molar-refractivity contribution in [3.8, 4) is 5.75 Å². The normalized spacial score (nSPS) is 12.3. The van der Waals surface area contributed by atoms with Crippen molar-refractivity contribution in [1.29, 1.82) is 0 Å². The fraction of sp³-hybridized carbons (Fsp3) is 0.522. The Morgan fingerprint density at radius 3 is 2.61 bits per heavy atom. The van der Waals surface area contributed by atoms with Crippen LogP contribution in [0.3, 0.4) is 0 Å². The lowest BCUT2D eigenvalue weighted by molar-refractivity contribution is -0.122. The summed E-state index contributed by atoms with van der Waals surface area (Å²) in [5.41, 5.74) is 0.515. The van der Waals surface area contributed by atoms with Crippen LogP contribution >= 0.6 is 11.3 Å². The molecule has 1 aromatic heterocycles. The lowest BCUT2D eigenvalue weighted by atomic mass is 9.84. The van der Waals surface area contributed by atoms with E-state index in [1.165, 1.54) is 17.4 Å². The number of para-hydroxylation sites is 1. The molecule has 1 heterocycles. The Labute approximate surface area is 187 Å². The van der Waals surface area contributed by atoms with Gasteiger partial charge in [-0.05, 0) is 36.3 Å². The molecule has 2 aromatic rings. The SMILES string of the molecule is C[C@@H](CC(=O)NCCCNC(=O)c1csc(COc2ccccc2F)n1)CC(C)(C)C. The minimum absolute atomic E-state index is 0.0436. The van der Waals surface area contributed by atoms with Crippen molar-refractivity contribution in [1.82, 2.24) is 15.6 Å². The number of amides is 2. The molecule has 0 aliphatic heterocycles. The molecule has 0 unspecified atom stereocenters. The number of nitrogens with zero attached hydrogens (tertiary/aromatic N) is 1. The van der Waals surface area contributed by atoms with E-state index >= 15 is 0 Å². The molecule has 1 aromatic carbocycles. The minimum atomic E-state index is -0.437. The molecule has 31 heavy (non-hydrogen) atoms. The number of benzene rings is 1. The van der Waals surface area contributed by atoms with E-state index in [9.17, 15) is 14.0 Å². The van der Waals surface area contributed by atoms with Crippen LogP contribution in [0.15, 0.2) is 29.6 Å². The average molecular weight is 450 g/mol. The largest absolute Gasteiger partial charge is 0.483 e. The van der Waals surface area contributed by atoms with Crippen LogP contribution in [0.25, 0.3) is 0 Å². The monoisotopic (exact) mass is 449 g/mol. The Bertz CT molecular complexity index is 864. The van der Waals surface area contributed by atoms with Crippen LogP contribution in [-0.2, 0) is 11.4 Å². The zero-order valence-electron chi connectivity index (χ0n) is 18.7. The summed E-state index contributed by atoms with van der Waals surface area (Å²) in [6.07, 6.45) is 2.15. The highest BCUT2D eigenvalue weighted by atomic mass is 32.1. The minimum Gasteiger partial charge on any atom is -0.483 e. The van der Waals surface area contributed by atoms with E-state index in [1.54, 1.807) is 23.6 Å². The number of halogens is 1. The van der Waals surface area contributed by atoms with Crippen molar-refractivity contribution in [2.24, 2.45) is 11.3 Å². The van der Waals surface area contributed by atoms with Gasteiger partial charge in [-0.15, -0.1) is 11.3 Å². The number of hydrogen-bond acceptors (Lipinski definition) is 5. The van der Waals surface area contributed by atoms with Crippen LogP contribution in [0.4, 0.5) is 4.39 Å². The van der Waals surface area contributed by atoms with Gasteiger partial charge in [-0.2, -0.15) is 0 Å². The second-order valence-corrected chi connectivity index (χ2v) is 9.82.